The third kappa shape index (κ3) is 6.01. The summed E-state index contributed by atoms with van der Waals surface area (Å²) in [6.45, 7) is 0. The van der Waals surface area contributed by atoms with Crippen molar-refractivity contribution in [1.29, 1.82) is 0 Å². The Morgan fingerprint density at radius 1 is 0.533 bits per heavy atom. The molecule has 0 heterocycles. The van der Waals surface area contributed by atoms with Gasteiger partial charge in [-0.25, -0.2) is 0 Å². The van der Waals surface area contributed by atoms with Crippen molar-refractivity contribution in [3.63, 3.8) is 0 Å². The molecule has 1 atom stereocenters. The Bertz CT molecular complexity index is 881. The maximum absolute atomic E-state index is 2.35. The summed E-state index contributed by atoms with van der Waals surface area (Å²) in [6.07, 6.45) is 15.6. The van der Waals surface area contributed by atoms with E-state index in [1.54, 1.807) is 5.30 Å². The van der Waals surface area contributed by atoms with Gasteiger partial charge in [-0.3, -0.25) is 0 Å². The average molecular weight is 428 g/mol. The molecule has 0 aliphatic heterocycles. The van der Waals surface area contributed by atoms with Crippen LogP contribution in [0.5, 0.6) is 0 Å². The number of hydrogen-bond donors (Lipinski definition) is 0. The Hall–Kier alpha value is -2.00. The standard InChI is InChI=1S/C28H30P2/c1-4-15-26(16-5-1)29(24-21-25-13-10-11-14-25)22-12-23-30(27-17-6-2-7-18-27)28-19-8-3-9-20-28/h1-11,13-20,25H,12,21-24H2. The van der Waals surface area contributed by atoms with Crippen LogP contribution in [0, 0.1) is 5.92 Å². The second-order valence-electron chi connectivity index (χ2n) is 7.72. The van der Waals surface area contributed by atoms with Gasteiger partial charge in [0.15, 0.2) is 0 Å². The zero-order valence-electron chi connectivity index (χ0n) is 17.5. The quantitative estimate of drug-likeness (QED) is 0.326. The van der Waals surface area contributed by atoms with Gasteiger partial charge in [-0.05, 0) is 61.1 Å². The molecule has 3 aromatic rings. The van der Waals surface area contributed by atoms with Gasteiger partial charge >= 0.3 is 0 Å². The molecular weight excluding hydrogens is 398 g/mol. The smallest absolute Gasteiger partial charge is 0.00438 e. The normalized spacial score (nSPS) is 14.4. The summed E-state index contributed by atoms with van der Waals surface area (Å²) in [5, 5.41) is 4.58. The molecule has 0 amide bonds. The molecule has 0 radical (unpaired) electrons. The molecule has 3 aromatic carbocycles. The van der Waals surface area contributed by atoms with Crippen LogP contribution in [0.1, 0.15) is 12.8 Å². The molecule has 0 bridgehead atoms. The average Bonchev–Trinajstić information content (AvgIpc) is 3.34. The van der Waals surface area contributed by atoms with Crippen LogP contribution >= 0.6 is 15.8 Å². The van der Waals surface area contributed by atoms with Crippen LogP contribution in [0.3, 0.4) is 0 Å². The molecule has 4 rings (SSSR count). The maximum atomic E-state index is 2.35. The van der Waals surface area contributed by atoms with Crippen molar-refractivity contribution in [1.82, 2.24) is 0 Å². The molecule has 30 heavy (non-hydrogen) atoms. The van der Waals surface area contributed by atoms with Crippen LogP contribution in [0.2, 0.25) is 0 Å². The zero-order chi connectivity index (χ0) is 20.4. The molecule has 2 heteroatoms. The summed E-state index contributed by atoms with van der Waals surface area (Å²) in [4.78, 5) is 0. The molecular formula is C28H30P2. The lowest BCUT2D eigenvalue weighted by Crippen LogP contribution is -2.15. The fourth-order valence-electron chi connectivity index (χ4n) is 4.03. The lowest BCUT2D eigenvalue weighted by Gasteiger charge is -2.22. The van der Waals surface area contributed by atoms with Gasteiger partial charge in [0.2, 0.25) is 0 Å². The van der Waals surface area contributed by atoms with Crippen molar-refractivity contribution < 1.29 is 0 Å². The van der Waals surface area contributed by atoms with Crippen LogP contribution in [-0.4, -0.2) is 18.5 Å². The van der Waals surface area contributed by atoms with E-state index in [0.29, 0.717) is 5.92 Å². The zero-order valence-corrected chi connectivity index (χ0v) is 19.3. The first-order chi connectivity index (χ1) is 14.9. The fourth-order valence-corrected chi connectivity index (χ4v) is 9.11. The summed E-state index contributed by atoms with van der Waals surface area (Å²) < 4.78 is 0. The lowest BCUT2D eigenvalue weighted by molar-refractivity contribution is 0.789. The first kappa shape index (κ1) is 21.2. The van der Waals surface area contributed by atoms with Gasteiger partial charge in [0.1, 0.15) is 0 Å². The Morgan fingerprint density at radius 3 is 1.57 bits per heavy atom. The summed E-state index contributed by atoms with van der Waals surface area (Å²) >= 11 is 0. The molecule has 152 valence electrons. The molecule has 0 N–H and O–H groups in total. The summed E-state index contributed by atoms with van der Waals surface area (Å²) in [6, 6.07) is 33.5. The Balaban J connectivity index is 1.43. The van der Waals surface area contributed by atoms with Crippen molar-refractivity contribution in [3.05, 3.63) is 115 Å². The Labute approximate surface area is 184 Å². The molecule has 1 aliphatic rings. The van der Waals surface area contributed by atoms with E-state index in [-0.39, 0.29) is 15.8 Å². The van der Waals surface area contributed by atoms with Gasteiger partial charge in [-0.15, -0.1) is 0 Å². The molecule has 1 unspecified atom stereocenters. The number of rotatable bonds is 10. The molecule has 0 aromatic heterocycles. The van der Waals surface area contributed by atoms with Crippen molar-refractivity contribution in [3.8, 4) is 0 Å². The minimum Gasteiger partial charge on any atom is -0.0776 e. The third-order valence-corrected chi connectivity index (χ3v) is 10.9. The van der Waals surface area contributed by atoms with Gasteiger partial charge in [-0.2, -0.15) is 0 Å². The molecule has 1 aliphatic carbocycles. The van der Waals surface area contributed by atoms with Crippen molar-refractivity contribution in [2.45, 2.75) is 12.8 Å². The third-order valence-electron chi connectivity index (χ3n) is 5.63. The number of benzene rings is 3. The minimum absolute atomic E-state index is 0.0978. The SMILES string of the molecule is C1=CC(CCP(CCCP(c2ccccc2)c2ccccc2)c2ccccc2)C=C1. The van der Waals surface area contributed by atoms with E-state index in [1.165, 1.54) is 41.9 Å². The summed E-state index contributed by atoms with van der Waals surface area (Å²) in [7, 11) is -0.378. The number of hydrogen-bond acceptors (Lipinski definition) is 0. The van der Waals surface area contributed by atoms with E-state index in [9.17, 15) is 0 Å². The van der Waals surface area contributed by atoms with Gasteiger partial charge in [0, 0.05) is 0 Å². The highest BCUT2D eigenvalue weighted by molar-refractivity contribution is 7.73. The van der Waals surface area contributed by atoms with Gasteiger partial charge in [-0.1, -0.05) is 123 Å². The molecule has 0 nitrogen and oxygen atoms in total. The van der Waals surface area contributed by atoms with Crippen molar-refractivity contribution in [2.75, 3.05) is 18.5 Å². The largest absolute Gasteiger partial charge is 0.0776 e. The first-order valence-electron chi connectivity index (χ1n) is 10.9. The predicted molar refractivity (Wildman–Crippen MR) is 138 cm³/mol. The van der Waals surface area contributed by atoms with Crippen LogP contribution in [0.15, 0.2) is 115 Å². The van der Waals surface area contributed by atoms with Crippen LogP contribution in [0.25, 0.3) is 0 Å². The van der Waals surface area contributed by atoms with E-state index in [0.717, 1.165) is 0 Å². The molecule has 0 fully saturated rings. The van der Waals surface area contributed by atoms with E-state index in [1.807, 2.05) is 0 Å². The molecule has 0 saturated heterocycles. The highest BCUT2D eigenvalue weighted by Gasteiger charge is 2.17. The molecule has 0 spiro atoms. The highest BCUT2D eigenvalue weighted by atomic mass is 31.1. The second-order valence-corrected chi connectivity index (χ2v) is 12.5. The van der Waals surface area contributed by atoms with Gasteiger partial charge in [0.05, 0.1) is 0 Å². The van der Waals surface area contributed by atoms with E-state index in [2.05, 4.69) is 115 Å². The highest BCUT2D eigenvalue weighted by Crippen LogP contribution is 2.41. The van der Waals surface area contributed by atoms with Crippen molar-refractivity contribution in [2.24, 2.45) is 5.92 Å². The fraction of sp³-hybridized carbons (Fsp3) is 0.214. The van der Waals surface area contributed by atoms with E-state index in [4.69, 9.17) is 0 Å². The minimum atomic E-state index is -0.280. The summed E-state index contributed by atoms with van der Waals surface area (Å²) in [5.41, 5.74) is 0. The Morgan fingerprint density at radius 2 is 1.03 bits per heavy atom. The maximum Gasteiger partial charge on any atom is -0.00438 e. The van der Waals surface area contributed by atoms with E-state index >= 15 is 0 Å². The van der Waals surface area contributed by atoms with E-state index < -0.39 is 0 Å². The van der Waals surface area contributed by atoms with Crippen LogP contribution in [0.4, 0.5) is 0 Å². The lowest BCUT2D eigenvalue weighted by atomic mass is 10.1. The van der Waals surface area contributed by atoms with Crippen LogP contribution < -0.4 is 15.9 Å². The van der Waals surface area contributed by atoms with Gasteiger partial charge in [0.25, 0.3) is 0 Å². The first-order valence-corrected chi connectivity index (χ1v) is 14.2. The van der Waals surface area contributed by atoms with Crippen LogP contribution in [-0.2, 0) is 0 Å². The monoisotopic (exact) mass is 428 g/mol. The second kappa shape index (κ2) is 11.4. The topological polar surface area (TPSA) is 0 Å². The van der Waals surface area contributed by atoms with Crippen molar-refractivity contribution >= 4 is 31.8 Å². The predicted octanol–water partition coefficient (Wildman–Crippen LogP) is 6.45. The van der Waals surface area contributed by atoms with Gasteiger partial charge < -0.3 is 0 Å². The Kier molecular flexibility index (Phi) is 8.08. The number of allylic oxidation sites excluding steroid dienone is 4. The molecule has 0 saturated carbocycles. The summed E-state index contributed by atoms with van der Waals surface area (Å²) in [5.74, 6) is 0.643.